The molecule has 1 fully saturated rings. The minimum absolute atomic E-state index is 0.132. The first-order chi connectivity index (χ1) is 10.1. The topological polar surface area (TPSA) is 57.5 Å². The maximum absolute atomic E-state index is 13.8. The highest BCUT2D eigenvalue weighted by Crippen LogP contribution is 2.20. The zero-order valence-corrected chi connectivity index (χ0v) is 11.4. The number of likely N-dealkylation sites (tertiary alicyclic amines) is 1. The smallest absolute Gasteiger partial charge is 0.322 e. The Morgan fingerprint density at radius 3 is 2.76 bits per heavy atom. The number of carbonyl (C=O) groups excluding carboxylic acids is 1. The molecular formula is C15H16FN3O2. The molecule has 2 heterocycles. The number of nitrogens with zero attached hydrogens (tertiary/aromatic N) is 2. The van der Waals surface area contributed by atoms with Crippen LogP contribution in [-0.4, -0.2) is 39.8 Å². The summed E-state index contributed by atoms with van der Waals surface area (Å²) in [6.45, 7) is 0.761. The van der Waals surface area contributed by atoms with Crippen molar-refractivity contribution in [2.24, 2.45) is 0 Å². The first-order valence-electron chi connectivity index (χ1n) is 6.80. The maximum atomic E-state index is 13.8. The van der Waals surface area contributed by atoms with E-state index < -0.39 is 18.0 Å². The molecule has 0 unspecified atom stereocenters. The van der Waals surface area contributed by atoms with E-state index in [2.05, 4.69) is 5.32 Å². The number of benzene rings is 1. The van der Waals surface area contributed by atoms with E-state index in [1.807, 2.05) is 29.1 Å². The molecule has 0 saturated carbocycles. The summed E-state index contributed by atoms with van der Waals surface area (Å²) in [6.07, 6.45) is 3.75. The van der Waals surface area contributed by atoms with Gasteiger partial charge in [-0.05, 0) is 36.8 Å². The van der Waals surface area contributed by atoms with Crippen LogP contribution in [0, 0.1) is 5.82 Å². The monoisotopic (exact) mass is 289 g/mol. The second-order valence-electron chi connectivity index (χ2n) is 5.07. The number of rotatable bonds is 2. The van der Waals surface area contributed by atoms with E-state index in [9.17, 15) is 14.3 Å². The van der Waals surface area contributed by atoms with Crippen molar-refractivity contribution in [2.45, 2.75) is 12.5 Å². The van der Waals surface area contributed by atoms with Gasteiger partial charge in [0.25, 0.3) is 0 Å². The highest BCUT2D eigenvalue weighted by molar-refractivity contribution is 5.90. The number of urea groups is 1. The molecule has 1 aromatic heterocycles. The minimum atomic E-state index is -0.494. The summed E-state index contributed by atoms with van der Waals surface area (Å²) in [6, 6.07) is 7.89. The van der Waals surface area contributed by atoms with Crippen LogP contribution in [0.3, 0.4) is 0 Å². The van der Waals surface area contributed by atoms with Gasteiger partial charge in [0.05, 0.1) is 11.8 Å². The lowest BCUT2D eigenvalue weighted by molar-refractivity contribution is 0.176. The Balaban J connectivity index is 1.78. The van der Waals surface area contributed by atoms with Gasteiger partial charge in [-0.3, -0.25) is 0 Å². The van der Waals surface area contributed by atoms with Crippen LogP contribution < -0.4 is 5.32 Å². The van der Waals surface area contributed by atoms with Gasteiger partial charge < -0.3 is 19.9 Å². The second kappa shape index (κ2) is 5.57. The van der Waals surface area contributed by atoms with Crippen LogP contribution in [0.15, 0.2) is 42.7 Å². The van der Waals surface area contributed by atoms with Crippen LogP contribution in [0.5, 0.6) is 0 Å². The molecule has 6 heteroatoms. The first-order valence-corrected chi connectivity index (χ1v) is 6.80. The standard InChI is InChI=1S/C15H16FN3O2/c16-13-4-3-11(18-6-1-2-7-18)9-14(13)17-15(21)19-8-5-12(20)10-19/h1-4,6-7,9,12,20H,5,8,10H2,(H,17,21)/t12-/m1/s1. The number of aromatic nitrogens is 1. The lowest BCUT2D eigenvalue weighted by Gasteiger charge is -2.17. The largest absolute Gasteiger partial charge is 0.391 e. The summed E-state index contributed by atoms with van der Waals surface area (Å²) in [5.74, 6) is -0.487. The van der Waals surface area contributed by atoms with Gasteiger partial charge in [0, 0.05) is 31.2 Å². The third-order valence-corrected chi connectivity index (χ3v) is 3.54. The van der Waals surface area contributed by atoms with Crippen molar-refractivity contribution in [3.05, 3.63) is 48.5 Å². The van der Waals surface area contributed by atoms with Crippen molar-refractivity contribution < 1.29 is 14.3 Å². The number of amides is 2. The van der Waals surface area contributed by atoms with Crippen molar-refractivity contribution in [2.75, 3.05) is 18.4 Å². The van der Waals surface area contributed by atoms with Gasteiger partial charge in [-0.2, -0.15) is 0 Å². The van der Waals surface area contributed by atoms with Gasteiger partial charge in [0.2, 0.25) is 0 Å². The summed E-state index contributed by atoms with van der Waals surface area (Å²) in [4.78, 5) is 13.5. The van der Waals surface area contributed by atoms with Gasteiger partial charge >= 0.3 is 6.03 Å². The number of aliphatic hydroxyl groups excluding tert-OH is 1. The normalized spacial score (nSPS) is 18.0. The third-order valence-electron chi connectivity index (χ3n) is 3.54. The molecule has 2 aromatic rings. The highest BCUT2D eigenvalue weighted by Gasteiger charge is 2.25. The maximum Gasteiger partial charge on any atom is 0.322 e. The number of hydrogen-bond acceptors (Lipinski definition) is 2. The van der Waals surface area contributed by atoms with E-state index in [1.165, 1.54) is 11.0 Å². The number of hydrogen-bond donors (Lipinski definition) is 2. The molecule has 0 aliphatic carbocycles. The number of anilines is 1. The molecule has 5 nitrogen and oxygen atoms in total. The van der Waals surface area contributed by atoms with Crippen molar-refractivity contribution in [3.8, 4) is 5.69 Å². The molecule has 3 rings (SSSR count). The lowest BCUT2D eigenvalue weighted by Crippen LogP contribution is -2.33. The van der Waals surface area contributed by atoms with Gasteiger partial charge in [-0.25, -0.2) is 9.18 Å². The highest BCUT2D eigenvalue weighted by atomic mass is 19.1. The second-order valence-corrected chi connectivity index (χ2v) is 5.07. The van der Waals surface area contributed by atoms with Crippen LogP contribution in [0.2, 0.25) is 0 Å². The van der Waals surface area contributed by atoms with Crippen LogP contribution in [-0.2, 0) is 0 Å². The van der Waals surface area contributed by atoms with E-state index in [-0.39, 0.29) is 12.2 Å². The zero-order chi connectivity index (χ0) is 14.8. The Labute approximate surface area is 121 Å². The summed E-state index contributed by atoms with van der Waals surface area (Å²) >= 11 is 0. The molecule has 1 aliphatic rings. The molecule has 2 N–H and O–H groups in total. The summed E-state index contributed by atoms with van der Waals surface area (Å²) < 4.78 is 15.7. The number of β-amino-alcohol motifs (C(OH)–C–C–N with tert-alkyl or cyclic N) is 1. The Morgan fingerprint density at radius 2 is 2.10 bits per heavy atom. The molecule has 1 saturated heterocycles. The van der Waals surface area contributed by atoms with E-state index in [4.69, 9.17) is 0 Å². The number of nitrogens with one attached hydrogen (secondary N) is 1. The minimum Gasteiger partial charge on any atom is -0.391 e. The van der Waals surface area contributed by atoms with E-state index in [0.29, 0.717) is 13.0 Å². The molecule has 1 aliphatic heterocycles. The quantitative estimate of drug-likeness (QED) is 0.890. The van der Waals surface area contributed by atoms with E-state index in [0.717, 1.165) is 5.69 Å². The fourth-order valence-electron chi connectivity index (χ4n) is 2.40. The summed E-state index contributed by atoms with van der Waals surface area (Å²) in [7, 11) is 0. The van der Waals surface area contributed by atoms with Gasteiger partial charge in [0.1, 0.15) is 5.82 Å². The van der Waals surface area contributed by atoms with Crippen molar-refractivity contribution >= 4 is 11.7 Å². The number of carbonyl (C=O) groups is 1. The molecule has 21 heavy (non-hydrogen) atoms. The van der Waals surface area contributed by atoms with E-state index >= 15 is 0 Å². The average Bonchev–Trinajstić information content (AvgIpc) is 3.12. The summed E-state index contributed by atoms with van der Waals surface area (Å²) in [5, 5.41) is 12.0. The van der Waals surface area contributed by atoms with Crippen LogP contribution >= 0.6 is 0 Å². The Kier molecular flexibility index (Phi) is 3.62. The van der Waals surface area contributed by atoms with Crippen LogP contribution in [0.4, 0.5) is 14.9 Å². The number of halogens is 1. The van der Waals surface area contributed by atoms with Crippen molar-refractivity contribution in [1.82, 2.24) is 9.47 Å². The summed E-state index contributed by atoms with van der Waals surface area (Å²) in [5.41, 5.74) is 0.894. The molecule has 110 valence electrons. The van der Waals surface area contributed by atoms with Gasteiger partial charge in [-0.15, -0.1) is 0 Å². The Morgan fingerprint density at radius 1 is 1.33 bits per heavy atom. The Bertz CT molecular complexity index is 642. The SMILES string of the molecule is O=C(Nc1cc(-n2cccc2)ccc1F)N1CC[C@@H](O)C1. The fourth-order valence-corrected chi connectivity index (χ4v) is 2.40. The molecular weight excluding hydrogens is 273 g/mol. The third kappa shape index (κ3) is 2.90. The fraction of sp³-hybridized carbons (Fsp3) is 0.267. The molecule has 0 bridgehead atoms. The molecule has 2 amide bonds. The van der Waals surface area contributed by atoms with Gasteiger partial charge in [0.15, 0.2) is 0 Å². The van der Waals surface area contributed by atoms with Gasteiger partial charge in [-0.1, -0.05) is 0 Å². The van der Waals surface area contributed by atoms with Crippen LogP contribution in [0.1, 0.15) is 6.42 Å². The van der Waals surface area contributed by atoms with Crippen LogP contribution in [0.25, 0.3) is 5.69 Å². The first kappa shape index (κ1) is 13.6. The predicted octanol–water partition coefficient (Wildman–Crippen LogP) is 2.21. The Hall–Kier alpha value is -2.34. The van der Waals surface area contributed by atoms with Crippen molar-refractivity contribution in [1.29, 1.82) is 0 Å². The molecule has 0 spiro atoms. The number of aliphatic hydroxyl groups is 1. The predicted molar refractivity (Wildman–Crippen MR) is 76.9 cm³/mol. The zero-order valence-electron chi connectivity index (χ0n) is 11.4. The molecule has 1 atom stereocenters. The van der Waals surface area contributed by atoms with Crippen molar-refractivity contribution in [3.63, 3.8) is 0 Å². The molecule has 1 aromatic carbocycles. The lowest BCUT2D eigenvalue weighted by atomic mass is 10.2. The average molecular weight is 289 g/mol. The van der Waals surface area contributed by atoms with E-state index in [1.54, 1.807) is 12.1 Å². The molecule has 0 radical (unpaired) electrons.